The number of hydrogen-bond acceptors (Lipinski definition) is 7. The third-order valence-corrected chi connectivity index (χ3v) is 5.48. The van der Waals surface area contributed by atoms with E-state index in [0.29, 0.717) is 40.2 Å². The number of carbonyl (C=O) groups is 2. The normalized spacial score (nSPS) is 18.8. The van der Waals surface area contributed by atoms with Crippen LogP contribution in [0.3, 0.4) is 0 Å². The van der Waals surface area contributed by atoms with Crippen molar-refractivity contribution in [1.29, 1.82) is 0 Å². The number of aromatic amines is 1. The van der Waals surface area contributed by atoms with Gasteiger partial charge in [0.2, 0.25) is 5.60 Å². The maximum atomic E-state index is 12.3. The Morgan fingerprint density at radius 1 is 1.26 bits per heavy atom. The van der Waals surface area contributed by atoms with Gasteiger partial charge in [0.25, 0.3) is 11.8 Å². The van der Waals surface area contributed by atoms with Crippen LogP contribution in [0.1, 0.15) is 22.7 Å². The number of nitrogens with two attached hydrogens (primary N) is 1. The van der Waals surface area contributed by atoms with Gasteiger partial charge in [-0.25, -0.2) is 9.97 Å². The SMILES string of the molecule is CN1CCC(O)(c2cc(-c3cccc(-c4nc(C(N)=O)c5[nH]ccc5n4)c3)no2)C1=O. The minimum atomic E-state index is -1.71. The van der Waals surface area contributed by atoms with Crippen molar-refractivity contribution in [3.05, 3.63) is 54.0 Å². The van der Waals surface area contributed by atoms with Crippen LogP contribution in [0.25, 0.3) is 33.7 Å². The summed E-state index contributed by atoms with van der Waals surface area (Å²) in [5, 5.41) is 14.8. The zero-order valence-electron chi connectivity index (χ0n) is 16.5. The van der Waals surface area contributed by atoms with E-state index >= 15 is 0 Å². The second-order valence-corrected chi connectivity index (χ2v) is 7.49. The topological polar surface area (TPSA) is 151 Å². The van der Waals surface area contributed by atoms with Gasteiger partial charge in [0.1, 0.15) is 5.69 Å². The maximum absolute atomic E-state index is 12.3. The van der Waals surface area contributed by atoms with Crippen LogP contribution in [0.15, 0.2) is 47.1 Å². The lowest BCUT2D eigenvalue weighted by Crippen LogP contribution is -2.35. The van der Waals surface area contributed by atoms with Crippen LogP contribution >= 0.6 is 0 Å². The number of carbonyl (C=O) groups excluding carboxylic acids is 2. The van der Waals surface area contributed by atoms with Crippen molar-refractivity contribution in [2.75, 3.05) is 13.6 Å². The molecule has 4 aromatic rings. The fourth-order valence-electron chi connectivity index (χ4n) is 3.76. The molecular weight excluding hydrogens is 400 g/mol. The molecule has 4 heterocycles. The van der Waals surface area contributed by atoms with E-state index in [9.17, 15) is 14.7 Å². The number of nitrogens with one attached hydrogen (secondary N) is 1. The van der Waals surface area contributed by atoms with Crippen LogP contribution in [-0.4, -0.2) is 55.5 Å². The average Bonchev–Trinajstić information content (AvgIpc) is 3.50. The standard InChI is InChI=1S/C21H18N6O4/c1-27-8-6-21(30,20(27)29)15-10-14(26-31-15)11-3-2-4-12(9-11)19-24-13-5-7-23-16(13)17(25-19)18(22)28/h2-5,7,9-10,23,30H,6,8H2,1H3,(H2,22,28). The largest absolute Gasteiger partial charge is 0.373 e. The van der Waals surface area contributed by atoms with Gasteiger partial charge in [0.05, 0.1) is 11.0 Å². The summed E-state index contributed by atoms with van der Waals surface area (Å²) in [6.45, 7) is 0.433. The first-order valence-corrected chi connectivity index (χ1v) is 9.58. The van der Waals surface area contributed by atoms with Gasteiger partial charge < -0.3 is 25.2 Å². The lowest BCUT2D eigenvalue weighted by Gasteiger charge is -2.16. The molecule has 0 bridgehead atoms. The van der Waals surface area contributed by atoms with Crippen molar-refractivity contribution in [1.82, 2.24) is 25.0 Å². The Balaban J connectivity index is 1.54. The number of benzene rings is 1. The predicted octanol–water partition coefficient (Wildman–Crippen LogP) is 1.43. The summed E-state index contributed by atoms with van der Waals surface area (Å²) in [4.78, 5) is 37.3. The number of hydrogen-bond donors (Lipinski definition) is 3. The molecule has 10 heteroatoms. The number of aromatic nitrogens is 4. The van der Waals surface area contributed by atoms with E-state index in [2.05, 4.69) is 20.1 Å². The fraction of sp³-hybridized carbons (Fsp3) is 0.190. The number of primary amides is 1. The van der Waals surface area contributed by atoms with Gasteiger partial charge in [-0.05, 0) is 12.1 Å². The second kappa shape index (κ2) is 6.74. The molecule has 1 aromatic carbocycles. The molecule has 1 atom stereocenters. The number of H-pyrrole nitrogens is 1. The number of fused-ring (bicyclic) bond motifs is 1. The number of rotatable bonds is 4. The molecule has 1 aliphatic heterocycles. The van der Waals surface area contributed by atoms with Crippen molar-refractivity contribution >= 4 is 22.8 Å². The van der Waals surface area contributed by atoms with Crippen LogP contribution in [0.4, 0.5) is 0 Å². The lowest BCUT2D eigenvalue weighted by molar-refractivity contribution is -0.144. The van der Waals surface area contributed by atoms with Gasteiger partial charge in [-0.15, -0.1) is 0 Å². The molecule has 0 aliphatic carbocycles. The van der Waals surface area contributed by atoms with E-state index in [1.165, 1.54) is 4.90 Å². The number of likely N-dealkylation sites (tertiary alicyclic amines) is 1. The molecule has 31 heavy (non-hydrogen) atoms. The molecule has 1 fully saturated rings. The number of aliphatic hydroxyl groups is 1. The zero-order chi connectivity index (χ0) is 21.8. The van der Waals surface area contributed by atoms with Gasteiger partial charge in [0.15, 0.2) is 17.3 Å². The summed E-state index contributed by atoms with van der Waals surface area (Å²) < 4.78 is 5.32. The number of nitrogens with zero attached hydrogens (tertiary/aromatic N) is 4. The third-order valence-electron chi connectivity index (χ3n) is 5.48. The van der Waals surface area contributed by atoms with Gasteiger partial charge in [-0.3, -0.25) is 9.59 Å². The van der Waals surface area contributed by atoms with Gasteiger partial charge in [-0.2, -0.15) is 0 Å². The molecule has 10 nitrogen and oxygen atoms in total. The maximum Gasteiger partial charge on any atom is 0.269 e. The Bertz CT molecular complexity index is 1340. The third kappa shape index (κ3) is 2.96. The molecule has 1 aliphatic rings. The fourth-order valence-corrected chi connectivity index (χ4v) is 3.76. The van der Waals surface area contributed by atoms with Crippen LogP contribution in [0, 0.1) is 0 Å². The zero-order valence-corrected chi connectivity index (χ0v) is 16.5. The van der Waals surface area contributed by atoms with E-state index in [1.807, 2.05) is 6.07 Å². The first-order valence-electron chi connectivity index (χ1n) is 9.58. The molecule has 0 saturated carbocycles. The summed E-state index contributed by atoms with van der Waals surface area (Å²) >= 11 is 0. The van der Waals surface area contributed by atoms with E-state index < -0.39 is 17.4 Å². The minimum absolute atomic E-state index is 0.100. The molecule has 1 saturated heterocycles. The van der Waals surface area contributed by atoms with Crippen LogP contribution in [0.5, 0.6) is 0 Å². The van der Waals surface area contributed by atoms with Crippen LogP contribution in [0.2, 0.25) is 0 Å². The van der Waals surface area contributed by atoms with Crippen molar-refractivity contribution in [2.45, 2.75) is 12.0 Å². The smallest absolute Gasteiger partial charge is 0.269 e. The summed E-state index contributed by atoms with van der Waals surface area (Å²) in [6, 6.07) is 10.5. The molecule has 2 amide bonds. The first kappa shape index (κ1) is 18.9. The Hall–Kier alpha value is -4.05. The Labute approximate surface area is 175 Å². The summed E-state index contributed by atoms with van der Waals surface area (Å²) in [6.07, 6.45) is 1.90. The van der Waals surface area contributed by atoms with Crippen molar-refractivity contribution in [3.8, 4) is 22.6 Å². The van der Waals surface area contributed by atoms with Gasteiger partial charge in [-0.1, -0.05) is 23.4 Å². The Kier molecular flexibility index (Phi) is 4.12. The van der Waals surface area contributed by atoms with Crippen molar-refractivity contribution < 1.29 is 19.2 Å². The lowest BCUT2D eigenvalue weighted by atomic mass is 9.98. The van der Waals surface area contributed by atoms with E-state index in [0.717, 1.165) is 0 Å². The van der Waals surface area contributed by atoms with E-state index in [4.69, 9.17) is 10.3 Å². The second-order valence-electron chi connectivity index (χ2n) is 7.49. The number of amides is 2. The molecule has 0 radical (unpaired) electrons. The average molecular weight is 418 g/mol. The predicted molar refractivity (Wildman–Crippen MR) is 109 cm³/mol. The van der Waals surface area contributed by atoms with Gasteiger partial charge >= 0.3 is 0 Å². The van der Waals surface area contributed by atoms with Crippen molar-refractivity contribution in [2.24, 2.45) is 5.73 Å². The molecular formula is C21H18N6O4. The highest BCUT2D eigenvalue weighted by Gasteiger charge is 2.48. The van der Waals surface area contributed by atoms with Gasteiger partial charge in [0, 0.05) is 43.4 Å². The highest BCUT2D eigenvalue weighted by Crippen LogP contribution is 2.35. The van der Waals surface area contributed by atoms with Crippen molar-refractivity contribution in [3.63, 3.8) is 0 Å². The molecule has 0 spiro atoms. The summed E-state index contributed by atoms with van der Waals surface area (Å²) in [7, 11) is 1.63. The molecule has 156 valence electrons. The molecule has 4 N–H and O–H groups in total. The highest BCUT2D eigenvalue weighted by molar-refractivity contribution is 6.02. The Morgan fingerprint density at radius 3 is 2.81 bits per heavy atom. The minimum Gasteiger partial charge on any atom is -0.373 e. The number of likely N-dealkylation sites (N-methyl/N-ethyl adjacent to an activating group) is 1. The van der Waals surface area contributed by atoms with Crippen LogP contribution < -0.4 is 5.73 Å². The highest BCUT2D eigenvalue weighted by atomic mass is 16.5. The van der Waals surface area contributed by atoms with Crippen LogP contribution in [-0.2, 0) is 10.4 Å². The molecule has 1 unspecified atom stereocenters. The summed E-state index contributed by atoms with van der Waals surface area (Å²) in [5.41, 5.74) is 6.68. The quantitative estimate of drug-likeness (QED) is 0.453. The van der Waals surface area contributed by atoms with E-state index in [1.54, 1.807) is 43.6 Å². The molecule has 3 aromatic heterocycles. The summed E-state index contributed by atoms with van der Waals surface area (Å²) in [5.74, 6) is -0.648. The van der Waals surface area contributed by atoms with E-state index in [-0.39, 0.29) is 17.9 Å². The Morgan fingerprint density at radius 2 is 2.06 bits per heavy atom. The monoisotopic (exact) mass is 418 g/mol. The first-order chi connectivity index (χ1) is 14.9. The molecule has 5 rings (SSSR count).